The van der Waals surface area contributed by atoms with Gasteiger partial charge in [-0.15, -0.1) is 0 Å². The summed E-state index contributed by atoms with van der Waals surface area (Å²) in [5, 5.41) is 10.1. The molecule has 1 heterocycles. The summed E-state index contributed by atoms with van der Waals surface area (Å²) in [6.07, 6.45) is 12.5. The molecular weight excluding hydrogens is 500 g/mol. The van der Waals surface area contributed by atoms with E-state index in [2.05, 4.69) is 52.4 Å². The Morgan fingerprint density at radius 1 is 0.947 bits per heavy atom. The van der Waals surface area contributed by atoms with Crippen LogP contribution in [0.1, 0.15) is 56.6 Å². The number of anilines is 1. The molecule has 1 N–H and O–H groups in total. The Hall–Kier alpha value is -3.23. The predicted octanol–water partition coefficient (Wildman–Crippen LogP) is 5.77. The highest BCUT2D eigenvalue weighted by atomic mass is 32.2. The fraction of sp³-hybridized carbons (Fsp3) is 0.400. The number of aliphatic carboxylic acids is 1. The molecule has 2 aromatic carbocycles. The van der Waals surface area contributed by atoms with Crippen molar-refractivity contribution in [1.82, 2.24) is 0 Å². The molecule has 0 aliphatic carbocycles. The number of aromatic nitrogens is 1. The topological polar surface area (TPSA) is 87.8 Å². The average molecular weight is 542 g/mol. The van der Waals surface area contributed by atoms with Gasteiger partial charge in [-0.25, -0.2) is 4.79 Å². The number of para-hydroxylation sites is 1. The van der Waals surface area contributed by atoms with Crippen molar-refractivity contribution in [2.75, 3.05) is 31.9 Å². The zero-order valence-electron chi connectivity index (χ0n) is 23.0. The maximum atomic E-state index is 11.0. The van der Waals surface area contributed by atoms with Gasteiger partial charge in [0.15, 0.2) is 6.20 Å². The van der Waals surface area contributed by atoms with Crippen molar-refractivity contribution in [3.63, 3.8) is 0 Å². The minimum atomic E-state index is -3.21. The fourth-order valence-electron chi connectivity index (χ4n) is 3.95. The number of nitrogens with zero attached hydrogens (tertiary/aromatic N) is 2. The number of hydrogen-bond acceptors (Lipinski definition) is 5. The molecule has 0 spiro atoms. The second-order valence-corrected chi connectivity index (χ2v) is 11.2. The summed E-state index contributed by atoms with van der Waals surface area (Å²) in [7, 11) is 2.04. The van der Waals surface area contributed by atoms with Crippen LogP contribution in [0.25, 0.3) is 23.1 Å². The molecule has 0 atom stereocenters. The van der Waals surface area contributed by atoms with Gasteiger partial charge in [0.05, 0.1) is 18.2 Å². The minimum Gasteiger partial charge on any atom is -0.477 e. The van der Waals surface area contributed by atoms with E-state index in [9.17, 15) is 13.2 Å². The summed E-state index contributed by atoms with van der Waals surface area (Å²) in [6.45, 7) is 2.12. The Morgan fingerprint density at radius 2 is 1.61 bits per heavy atom. The minimum absolute atomic E-state index is 0.0451. The number of carbonyl (C=O) groups is 1. The lowest BCUT2D eigenvalue weighted by Crippen LogP contribution is -2.38. The number of carboxylic acids is 1. The second-order valence-electron chi connectivity index (χ2n) is 9.33. The highest BCUT2D eigenvalue weighted by molar-refractivity contribution is 7.86. The highest BCUT2D eigenvalue weighted by Crippen LogP contribution is 2.19. The molecule has 0 fully saturated rings. The van der Waals surface area contributed by atoms with Crippen molar-refractivity contribution < 1.29 is 27.1 Å². The van der Waals surface area contributed by atoms with Crippen LogP contribution in [-0.4, -0.2) is 46.5 Å². The van der Waals surface area contributed by atoms with Gasteiger partial charge in [-0.05, 0) is 35.7 Å². The molecule has 3 rings (SSSR count). The smallest absolute Gasteiger partial charge is 0.370 e. The van der Waals surface area contributed by atoms with Crippen LogP contribution in [0.15, 0.2) is 60.8 Å². The molecule has 3 aromatic rings. The standard InChI is InChI=1S/C21H20N2O2.C9H20O3S/c1-22(2)18-11-8-16(9-12-18)7-10-17-13-14-23(15-21(24)25)20-6-4-3-5-19(17)20;1-3-4-5-6-7-8-9-13(10,11)12-2/h3-14H,15H2,1-2H3;3-9H2,1-2H3/p+1. The molecule has 8 heteroatoms. The van der Waals surface area contributed by atoms with Crippen LogP contribution < -0.4 is 9.47 Å². The first-order valence-corrected chi connectivity index (χ1v) is 14.6. The maximum absolute atomic E-state index is 11.0. The largest absolute Gasteiger partial charge is 0.477 e. The third-order valence-corrected chi connectivity index (χ3v) is 7.43. The van der Waals surface area contributed by atoms with Crippen molar-refractivity contribution in [1.29, 1.82) is 0 Å². The van der Waals surface area contributed by atoms with Crippen LogP contribution in [0.5, 0.6) is 0 Å². The van der Waals surface area contributed by atoms with Gasteiger partial charge in [0.2, 0.25) is 12.1 Å². The number of hydrogen-bond donors (Lipinski definition) is 1. The lowest BCUT2D eigenvalue weighted by molar-refractivity contribution is -0.660. The summed E-state index contributed by atoms with van der Waals surface area (Å²) < 4.78 is 27.8. The Morgan fingerprint density at radius 3 is 2.24 bits per heavy atom. The van der Waals surface area contributed by atoms with Crippen molar-refractivity contribution in [2.24, 2.45) is 0 Å². The van der Waals surface area contributed by atoms with Gasteiger partial charge in [0.1, 0.15) is 0 Å². The number of benzene rings is 2. The zero-order chi connectivity index (χ0) is 28.0. The summed E-state index contributed by atoms with van der Waals surface area (Å²) in [4.78, 5) is 13.1. The molecule has 0 aliphatic rings. The van der Waals surface area contributed by atoms with Gasteiger partial charge in [-0.1, -0.05) is 75.4 Å². The molecule has 0 saturated heterocycles. The third kappa shape index (κ3) is 10.6. The summed E-state index contributed by atoms with van der Waals surface area (Å²) in [5.41, 5.74) is 4.26. The van der Waals surface area contributed by atoms with E-state index < -0.39 is 16.1 Å². The van der Waals surface area contributed by atoms with Crippen molar-refractivity contribution >= 4 is 44.8 Å². The van der Waals surface area contributed by atoms with Crippen LogP contribution >= 0.6 is 0 Å². The van der Waals surface area contributed by atoms with E-state index in [0.29, 0.717) is 0 Å². The van der Waals surface area contributed by atoms with Gasteiger partial charge >= 0.3 is 5.97 Å². The molecule has 38 heavy (non-hydrogen) atoms. The predicted molar refractivity (Wildman–Crippen MR) is 156 cm³/mol. The normalized spacial score (nSPS) is 11.4. The summed E-state index contributed by atoms with van der Waals surface area (Å²) in [5.74, 6) is -0.685. The SMILES string of the molecule is CCCCCCCCS(=O)(=O)OC.CN(C)c1ccc(/C=C/c2cc[n+](CC(=O)O)c3ccccc23)cc1. The van der Waals surface area contributed by atoms with Gasteiger partial charge in [-0.2, -0.15) is 13.0 Å². The first-order chi connectivity index (χ1) is 18.2. The van der Waals surface area contributed by atoms with Crippen LogP contribution in [0.2, 0.25) is 0 Å². The third-order valence-electron chi connectivity index (χ3n) is 6.13. The Labute approximate surface area is 227 Å². The molecular formula is C30H41N2O5S+. The monoisotopic (exact) mass is 541 g/mol. The van der Waals surface area contributed by atoms with Crippen molar-refractivity contribution in [3.05, 3.63) is 71.9 Å². The second kappa shape index (κ2) is 15.9. The van der Waals surface area contributed by atoms with E-state index in [1.165, 1.54) is 26.4 Å². The number of carboxylic acid groups (broad SMARTS) is 1. The molecule has 0 bridgehead atoms. The van der Waals surface area contributed by atoms with Crippen LogP contribution in [-0.2, 0) is 25.6 Å². The van der Waals surface area contributed by atoms with Gasteiger partial charge in [-0.3, -0.25) is 4.18 Å². The zero-order valence-corrected chi connectivity index (χ0v) is 23.8. The van der Waals surface area contributed by atoms with Gasteiger partial charge in [0.25, 0.3) is 10.1 Å². The first kappa shape index (κ1) is 31.0. The molecule has 0 aliphatic heterocycles. The van der Waals surface area contributed by atoms with E-state index in [-0.39, 0.29) is 12.3 Å². The Bertz CT molecular complexity index is 1290. The maximum Gasteiger partial charge on any atom is 0.370 e. The number of fused-ring (bicyclic) bond motifs is 1. The first-order valence-electron chi connectivity index (χ1n) is 13.0. The number of pyridine rings is 1. The molecule has 0 unspecified atom stereocenters. The van der Waals surface area contributed by atoms with E-state index in [1.807, 2.05) is 50.6 Å². The molecule has 0 saturated carbocycles. The van der Waals surface area contributed by atoms with Crippen LogP contribution in [0.4, 0.5) is 5.69 Å². The van der Waals surface area contributed by atoms with E-state index >= 15 is 0 Å². The molecule has 1 aromatic heterocycles. The highest BCUT2D eigenvalue weighted by Gasteiger charge is 2.14. The summed E-state index contributed by atoms with van der Waals surface area (Å²) >= 11 is 0. The van der Waals surface area contributed by atoms with Gasteiger partial charge in [0, 0.05) is 31.9 Å². The molecule has 0 radical (unpaired) electrons. The van der Waals surface area contributed by atoms with Gasteiger partial charge < -0.3 is 10.0 Å². The van der Waals surface area contributed by atoms with Crippen molar-refractivity contribution in [2.45, 2.75) is 52.0 Å². The Kier molecular flexibility index (Phi) is 13.0. The fourth-order valence-corrected chi connectivity index (χ4v) is 4.67. The van der Waals surface area contributed by atoms with Crippen molar-refractivity contribution in [3.8, 4) is 0 Å². The van der Waals surface area contributed by atoms with E-state index in [1.54, 1.807) is 4.57 Å². The number of rotatable bonds is 13. The Balaban J connectivity index is 0.000000332. The van der Waals surface area contributed by atoms with Crippen LogP contribution in [0, 0.1) is 0 Å². The average Bonchev–Trinajstić information content (AvgIpc) is 2.90. The number of unbranched alkanes of at least 4 members (excludes halogenated alkanes) is 5. The van der Waals surface area contributed by atoms with E-state index in [4.69, 9.17) is 5.11 Å². The van der Waals surface area contributed by atoms with E-state index in [0.717, 1.165) is 47.0 Å². The quantitative estimate of drug-likeness (QED) is 0.168. The molecule has 206 valence electrons. The lowest BCUT2D eigenvalue weighted by Gasteiger charge is -2.11. The molecule has 7 nitrogen and oxygen atoms in total. The lowest BCUT2D eigenvalue weighted by atomic mass is 10.1. The molecule has 0 amide bonds. The van der Waals surface area contributed by atoms with Crippen LogP contribution in [0.3, 0.4) is 0 Å². The summed E-state index contributed by atoms with van der Waals surface area (Å²) in [6, 6.07) is 18.2.